The molecule has 1 aliphatic carbocycles. The number of hydrogen-bond acceptors (Lipinski definition) is 5. The van der Waals surface area contributed by atoms with Crippen LogP contribution in [0.25, 0.3) is 0 Å². The van der Waals surface area contributed by atoms with Crippen LogP contribution >= 0.6 is 0 Å². The third-order valence-electron chi connectivity index (χ3n) is 6.84. The molecule has 12 heteroatoms. The number of imide groups is 1. The van der Waals surface area contributed by atoms with E-state index >= 15 is 0 Å². The molecule has 9 nitrogen and oxygen atoms in total. The van der Waals surface area contributed by atoms with E-state index in [1.807, 2.05) is 0 Å². The van der Waals surface area contributed by atoms with Gasteiger partial charge in [-0.3, -0.25) is 19.3 Å². The molecule has 2 fully saturated rings. The predicted octanol–water partition coefficient (Wildman–Crippen LogP) is 1.36. The van der Waals surface area contributed by atoms with E-state index in [4.69, 9.17) is 0 Å². The second-order valence-corrected chi connectivity index (χ2v) is 9.18. The summed E-state index contributed by atoms with van der Waals surface area (Å²) in [5, 5.41) is 14.6. The van der Waals surface area contributed by atoms with E-state index in [9.17, 15) is 37.5 Å². The number of nitrogens with one attached hydrogen (secondary N) is 2. The average molecular weight is 482 g/mol. The topological polar surface area (TPSA) is 119 Å². The van der Waals surface area contributed by atoms with E-state index in [1.165, 1.54) is 4.90 Å². The fourth-order valence-corrected chi connectivity index (χ4v) is 4.72. The first-order valence-corrected chi connectivity index (χ1v) is 11.0. The van der Waals surface area contributed by atoms with Gasteiger partial charge in [-0.2, -0.15) is 13.2 Å². The van der Waals surface area contributed by atoms with Crippen LogP contribution in [0.2, 0.25) is 0 Å². The Morgan fingerprint density at radius 2 is 1.85 bits per heavy atom. The van der Waals surface area contributed by atoms with Crippen molar-refractivity contribution < 1.29 is 37.5 Å². The molecule has 3 N–H and O–H groups in total. The molecule has 0 bridgehead atoms. The van der Waals surface area contributed by atoms with Gasteiger partial charge >= 0.3 is 12.2 Å². The lowest BCUT2D eigenvalue weighted by Gasteiger charge is -2.37. The van der Waals surface area contributed by atoms with Gasteiger partial charge in [0.25, 0.3) is 11.8 Å². The third kappa shape index (κ3) is 3.99. The van der Waals surface area contributed by atoms with Gasteiger partial charge in [-0.1, -0.05) is 37.1 Å². The minimum Gasteiger partial charge on any atom is -0.373 e. The summed E-state index contributed by atoms with van der Waals surface area (Å²) in [4.78, 5) is 52.7. The van der Waals surface area contributed by atoms with Gasteiger partial charge in [-0.15, -0.1) is 0 Å². The first kappa shape index (κ1) is 24.0. The van der Waals surface area contributed by atoms with Crippen LogP contribution in [0, 0.1) is 0 Å². The molecular formula is C22H25F3N4O5. The molecule has 34 heavy (non-hydrogen) atoms. The summed E-state index contributed by atoms with van der Waals surface area (Å²) in [6.45, 7) is -0.262. The molecule has 2 heterocycles. The van der Waals surface area contributed by atoms with E-state index in [0.29, 0.717) is 30.9 Å². The standard InChI is InChI=1S/C22H25F3N4O5/c1-20(34,22(23,24)25)17(31)26-15-11-28(10-13-6-2-3-7-14(13)15)16(30)12-29-18(32)21(27-19(29)33)8-4-5-9-21/h2-3,6-7,15,34H,4-5,8-12H2,1H3,(H,26,31)(H,27,33). The molecule has 4 rings (SSSR count). The van der Waals surface area contributed by atoms with Crippen LogP contribution in [-0.4, -0.2) is 69.1 Å². The van der Waals surface area contributed by atoms with Crippen molar-refractivity contribution in [2.75, 3.05) is 13.1 Å². The number of carbonyl (C=O) groups excluding carboxylic acids is 4. The number of benzene rings is 1. The molecule has 2 atom stereocenters. The summed E-state index contributed by atoms with van der Waals surface area (Å²) in [6, 6.07) is 4.93. The van der Waals surface area contributed by atoms with Crippen molar-refractivity contribution in [2.45, 2.75) is 62.5 Å². The smallest absolute Gasteiger partial charge is 0.373 e. The number of amides is 5. The molecule has 2 aliphatic heterocycles. The lowest BCUT2D eigenvalue weighted by atomic mass is 9.94. The number of nitrogens with zero attached hydrogens (tertiary/aromatic N) is 2. The van der Waals surface area contributed by atoms with Crippen molar-refractivity contribution in [3.8, 4) is 0 Å². The van der Waals surface area contributed by atoms with Gasteiger partial charge in [-0.25, -0.2) is 4.79 Å². The first-order chi connectivity index (χ1) is 15.9. The maximum atomic E-state index is 13.1. The monoisotopic (exact) mass is 482 g/mol. The maximum Gasteiger partial charge on any atom is 0.426 e. The Hall–Kier alpha value is -3.15. The Morgan fingerprint density at radius 3 is 2.50 bits per heavy atom. The number of rotatable bonds is 4. The Bertz CT molecular complexity index is 1040. The fraction of sp³-hybridized carbons (Fsp3) is 0.545. The zero-order valence-electron chi connectivity index (χ0n) is 18.4. The zero-order valence-corrected chi connectivity index (χ0v) is 18.4. The molecule has 3 aliphatic rings. The van der Waals surface area contributed by atoms with Crippen LogP contribution in [0.5, 0.6) is 0 Å². The maximum absolute atomic E-state index is 13.1. The molecule has 1 aromatic carbocycles. The van der Waals surface area contributed by atoms with Gasteiger partial charge in [-0.05, 0) is 30.9 Å². The van der Waals surface area contributed by atoms with Gasteiger partial charge < -0.3 is 20.6 Å². The van der Waals surface area contributed by atoms with E-state index in [-0.39, 0.29) is 13.1 Å². The van der Waals surface area contributed by atoms with Crippen molar-refractivity contribution in [1.29, 1.82) is 0 Å². The minimum absolute atomic E-state index is 0.0891. The van der Waals surface area contributed by atoms with Crippen molar-refractivity contribution in [3.05, 3.63) is 35.4 Å². The summed E-state index contributed by atoms with van der Waals surface area (Å²) in [6.07, 6.45) is -2.60. The summed E-state index contributed by atoms with van der Waals surface area (Å²) < 4.78 is 39.3. The number of urea groups is 1. The Kier molecular flexibility index (Phi) is 5.83. The van der Waals surface area contributed by atoms with E-state index in [1.54, 1.807) is 24.3 Å². The number of halogens is 3. The predicted molar refractivity (Wildman–Crippen MR) is 111 cm³/mol. The highest BCUT2D eigenvalue weighted by Gasteiger charge is 2.56. The lowest BCUT2D eigenvalue weighted by molar-refractivity contribution is -0.245. The third-order valence-corrected chi connectivity index (χ3v) is 6.84. The minimum atomic E-state index is -5.19. The van der Waals surface area contributed by atoms with Crippen LogP contribution in [0.4, 0.5) is 18.0 Å². The Morgan fingerprint density at radius 1 is 1.21 bits per heavy atom. The number of alkyl halides is 3. The van der Waals surface area contributed by atoms with Crippen LogP contribution in [0.15, 0.2) is 24.3 Å². The van der Waals surface area contributed by atoms with Crippen LogP contribution < -0.4 is 10.6 Å². The summed E-state index contributed by atoms with van der Waals surface area (Å²) in [5.74, 6) is -2.69. The van der Waals surface area contributed by atoms with Gasteiger partial charge in [0, 0.05) is 13.1 Å². The molecule has 1 spiro atoms. The molecule has 5 amide bonds. The Balaban J connectivity index is 1.51. The fourth-order valence-electron chi connectivity index (χ4n) is 4.72. The van der Waals surface area contributed by atoms with Crippen molar-refractivity contribution in [3.63, 3.8) is 0 Å². The van der Waals surface area contributed by atoms with Crippen LogP contribution in [0.1, 0.15) is 49.8 Å². The summed E-state index contributed by atoms with van der Waals surface area (Å²) in [5.41, 5.74) is -3.49. The van der Waals surface area contributed by atoms with Gasteiger partial charge in [0.05, 0.1) is 6.04 Å². The largest absolute Gasteiger partial charge is 0.426 e. The number of aliphatic hydroxyl groups is 1. The second kappa shape index (κ2) is 8.26. The van der Waals surface area contributed by atoms with Crippen LogP contribution in [0.3, 0.4) is 0 Å². The highest BCUT2D eigenvalue weighted by molar-refractivity contribution is 6.09. The normalized spacial score (nSPS) is 23.5. The van der Waals surface area contributed by atoms with Gasteiger partial charge in [0.15, 0.2) is 0 Å². The molecule has 1 aromatic rings. The zero-order chi connectivity index (χ0) is 24.9. The SMILES string of the molecule is CC(O)(C(=O)NC1CN(C(=O)CN2C(=O)NC3(CCCC3)C2=O)Cc2ccccc21)C(F)(F)F. The van der Waals surface area contributed by atoms with Gasteiger partial charge in [0.1, 0.15) is 12.1 Å². The Labute approximate surface area is 193 Å². The molecule has 1 saturated carbocycles. The van der Waals surface area contributed by atoms with E-state index < -0.39 is 53.7 Å². The molecule has 0 radical (unpaired) electrons. The van der Waals surface area contributed by atoms with Gasteiger partial charge in [0.2, 0.25) is 11.5 Å². The highest BCUT2D eigenvalue weighted by atomic mass is 19.4. The number of fused-ring (bicyclic) bond motifs is 1. The van der Waals surface area contributed by atoms with Crippen molar-refractivity contribution in [1.82, 2.24) is 20.4 Å². The summed E-state index contributed by atoms with van der Waals surface area (Å²) >= 11 is 0. The molecule has 2 unspecified atom stereocenters. The molecule has 184 valence electrons. The molecule has 1 saturated heterocycles. The van der Waals surface area contributed by atoms with Crippen LogP contribution in [-0.2, 0) is 20.9 Å². The first-order valence-electron chi connectivity index (χ1n) is 11.0. The van der Waals surface area contributed by atoms with Crippen molar-refractivity contribution >= 4 is 23.8 Å². The number of hydrogen-bond donors (Lipinski definition) is 3. The van der Waals surface area contributed by atoms with E-state index in [0.717, 1.165) is 17.7 Å². The van der Waals surface area contributed by atoms with E-state index in [2.05, 4.69) is 10.6 Å². The second-order valence-electron chi connectivity index (χ2n) is 9.18. The summed E-state index contributed by atoms with van der Waals surface area (Å²) in [7, 11) is 0. The molecular weight excluding hydrogens is 457 g/mol. The quantitative estimate of drug-likeness (QED) is 0.560. The molecule has 0 aromatic heterocycles. The van der Waals surface area contributed by atoms with Crippen molar-refractivity contribution in [2.24, 2.45) is 0 Å². The highest BCUT2D eigenvalue weighted by Crippen LogP contribution is 2.36. The average Bonchev–Trinajstić information content (AvgIpc) is 3.33. The number of carbonyl (C=O) groups is 4. The lowest BCUT2D eigenvalue weighted by Crippen LogP contribution is -2.57.